The lowest BCUT2D eigenvalue weighted by molar-refractivity contribution is 0.0598. The van der Waals surface area contributed by atoms with Gasteiger partial charge in [-0.15, -0.1) is 0 Å². The smallest absolute Gasteiger partial charge is 0.341 e. The number of rotatable bonds is 3. The molecule has 92 valence electrons. The molecule has 0 spiro atoms. The molecule has 0 aliphatic carbocycles. The van der Waals surface area contributed by atoms with Crippen molar-refractivity contribution in [3.63, 3.8) is 0 Å². The number of nitrogens with zero attached hydrogens (tertiary/aromatic N) is 1. The standard InChI is InChI=1S/C13H12N2O3/c1-17-13(16)9-4-2-3-5-11(9)18-12-6-7-15-8-10(12)14/h2-8H,14H2,1H3. The van der Waals surface area contributed by atoms with Crippen LogP contribution in [-0.4, -0.2) is 18.1 Å². The lowest BCUT2D eigenvalue weighted by atomic mass is 10.2. The number of aromatic nitrogens is 1. The third-order valence-corrected chi connectivity index (χ3v) is 2.32. The van der Waals surface area contributed by atoms with Crippen LogP contribution in [0.2, 0.25) is 0 Å². The molecule has 2 rings (SSSR count). The van der Waals surface area contributed by atoms with E-state index >= 15 is 0 Å². The van der Waals surface area contributed by atoms with Gasteiger partial charge in [0.05, 0.1) is 19.0 Å². The molecular weight excluding hydrogens is 232 g/mol. The van der Waals surface area contributed by atoms with Crippen LogP contribution in [0.5, 0.6) is 11.5 Å². The highest BCUT2D eigenvalue weighted by atomic mass is 16.5. The van der Waals surface area contributed by atoms with Crippen LogP contribution in [0.25, 0.3) is 0 Å². The molecule has 18 heavy (non-hydrogen) atoms. The van der Waals surface area contributed by atoms with E-state index in [2.05, 4.69) is 9.72 Å². The summed E-state index contributed by atoms with van der Waals surface area (Å²) >= 11 is 0. The topological polar surface area (TPSA) is 74.4 Å². The maximum atomic E-state index is 11.6. The van der Waals surface area contributed by atoms with Crippen LogP contribution >= 0.6 is 0 Å². The highest BCUT2D eigenvalue weighted by Gasteiger charge is 2.13. The Bertz CT molecular complexity index is 570. The summed E-state index contributed by atoms with van der Waals surface area (Å²) in [6.45, 7) is 0. The molecule has 2 N–H and O–H groups in total. The molecule has 5 nitrogen and oxygen atoms in total. The van der Waals surface area contributed by atoms with E-state index in [9.17, 15) is 4.79 Å². The van der Waals surface area contributed by atoms with E-state index in [4.69, 9.17) is 10.5 Å². The van der Waals surface area contributed by atoms with Crippen LogP contribution in [0.3, 0.4) is 0 Å². The molecule has 2 aromatic rings. The lowest BCUT2D eigenvalue weighted by Crippen LogP contribution is -2.04. The molecule has 5 heteroatoms. The Morgan fingerprint density at radius 2 is 2.00 bits per heavy atom. The number of hydrogen-bond acceptors (Lipinski definition) is 5. The molecule has 1 aromatic heterocycles. The van der Waals surface area contributed by atoms with Crippen molar-refractivity contribution in [2.45, 2.75) is 0 Å². The molecule has 1 aromatic carbocycles. The first-order chi connectivity index (χ1) is 8.72. The van der Waals surface area contributed by atoms with Crippen LogP contribution in [-0.2, 0) is 4.74 Å². The third kappa shape index (κ3) is 2.40. The maximum absolute atomic E-state index is 11.6. The minimum Gasteiger partial charge on any atom is -0.465 e. The molecule has 0 amide bonds. The van der Waals surface area contributed by atoms with Crippen molar-refractivity contribution in [1.29, 1.82) is 0 Å². The molecule has 0 bridgehead atoms. The second-order valence-corrected chi connectivity index (χ2v) is 3.50. The predicted octanol–water partition coefficient (Wildman–Crippen LogP) is 2.24. The fraction of sp³-hybridized carbons (Fsp3) is 0.0769. The Hall–Kier alpha value is -2.56. The van der Waals surface area contributed by atoms with E-state index in [1.54, 1.807) is 36.5 Å². The monoisotopic (exact) mass is 244 g/mol. The van der Waals surface area contributed by atoms with Gasteiger partial charge in [0.1, 0.15) is 11.3 Å². The number of carbonyl (C=O) groups is 1. The number of pyridine rings is 1. The molecule has 0 saturated heterocycles. The normalized spacial score (nSPS) is 9.83. The number of anilines is 1. The van der Waals surface area contributed by atoms with Crippen molar-refractivity contribution in [2.24, 2.45) is 0 Å². The predicted molar refractivity (Wildman–Crippen MR) is 66.5 cm³/mol. The van der Waals surface area contributed by atoms with Crippen molar-refractivity contribution in [2.75, 3.05) is 12.8 Å². The Morgan fingerprint density at radius 1 is 1.22 bits per heavy atom. The van der Waals surface area contributed by atoms with Crippen molar-refractivity contribution in [3.8, 4) is 11.5 Å². The van der Waals surface area contributed by atoms with Gasteiger partial charge in [-0.25, -0.2) is 4.79 Å². The first-order valence-electron chi connectivity index (χ1n) is 5.27. The molecule has 0 saturated carbocycles. The molecule has 0 radical (unpaired) electrons. The van der Waals surface area contributed by atoms with Gasteiger partial charge in [-0.3, -0.25) is 4.98 Å². The molecule has 0 aliphatic heterocycles. The summed E-state index contributed by atoms with van der Waals surface area (Å²) in [5.74, 6) is 0.377. The first-order valence-corrected chi connectivity index (χ1v) is 5.27. The van der Waals surface area contributed by atoms with Gasteiger partial charge in [0.2, 0.25) is 0 Å². The molecule has 0 aliphatic rings. The second-order valence-electron chi connectivity index (χ2n) is 3.50. The number of carbonyl (C=O) groups excluding carboxylic acids is 1. The largest absolute Gasteiger partial charge is 0.465 e. The molecule has 1 heterocycles. The second kappa shape index (κ2) is 5.18. The van der Waals surface area contributed by atoms with E-state index in [0.717, 1.165) is 0 Å². The summed E-state index contributed by atoms with van der Waals surface area (Å²) in [5.41, 5.74) is 6.47. The van der Waals surface area contributed by atoms with E-state index in [1.165, 1.54) is 13.3 Å². The van der Waals surface area contributed by atoms with E-state index < -0.39 is 5.97 Å². The van der Waals surface area contributed by atoms with E-state index in [-0.39, 0.29) is 0 Å². The highest BCUT2D eigenvalue weighted by molar-refractivity contribution is 5.92. The van der Waals surface area contributed by atoms with Gasteiger partial charge >= 0.3 is 5.97 Å². The zero-order valence-electron chi connectivity index (χ0n) is 9.79. The van der Waals surface area contributed by atoms with E-state index in [0.29, 0.717) is 22.7 Å². The Balaban J connectivity index is 2.35. The third-order valence-electron chi connectivity index (χ3n) is 2.32. The number of methoxy groups -OCH3 is 1. The minimum absolute atomic E-state index is 0.344. The Labute approximate surface area is 104 Å². The number of hydrogen-bond donors (Lipinski definition) is 1. The molecule has 0 unspecified atom stereocenters. The van der Waals surface area contributed by atoms with Crippen molar-refractivity contribution in [1.82, 2.24) is 4.98 Å². The maximum Gasteiger partial charge on any atom is 0.341 e. The van der Waals surface area contributed by atoms with Gasteiger partial charge < -0.3 is 15.2 Å². The number of benzene rings is 1. The summed E-state index contributed by atoms with van der Waals surface area (Å²) in [7, 11) is 1.32. The van der Waals surface area contributed by atoms with Crippen LogP contribution in [0.4, 0.5) is 5.69 Å². The number of ether oxygens (including phenoxy) is 2. The summed E-state index contributed by atoms with van der Waals surface area (Å²) in [4.78, 5) is 15.4. The van der Waals surface area contributed by atoms with Gasteiger partial charge in [0, 0.05) is 12.3 Å². The average Bonchev–Trinajstić information content (AvgIpc) is 2.41. The summed E-state index contributed by atoms with van der Waals surface area (Å²) in [6, 6.07) is 8.42. The van der Waals surface area contributed by atoms with Gasteiger partial charge in [0.25, 0.3) is 0 Å². The number of nitrogen functional groups attached to an aromatic ring is 1. The molecule has 0 fully saturated rings. The fourth-order valence-corrected chi connectivity index (χ4v) is 1.44. The van der Waals surface area contributed by atoms with Crippen LogP contribution in [0, 0.1) is 0 Å². The summed E-state index contributed by atoms with van der Waals surface area (Å²) in [5, 5.41) is 0. The van der Waals surface area contributed by atoms with Crippen molar-refractivity contribution in [3.05, 3.63) is 48.3 Å². The van der Waals surface area contributed by atoms with Crippen LogP contribution < -0.4 is 10.5 Å². The number of esters is 1. The van der Waals surface area contributed by atoms with Gasteiger partial charge in [-0.2, -0.15) is 0 Å². The highest BCUT2D eigenvalue weighted by Crippen LogP contribution is 2.29. The average molecular weight is 244 g/mol. The van der Waals surface area contributed by atoms with Gasteiger partial charge in [0.15, 0.2) is 5.75 Å². The fourth-order valence-electron chi connectivity index (χ4n) is 1.44. The summed E-state index contributed by atoms with van der Waals surface area (Å²) < 4.78 is 10.3. The SMILES string of the molecule is COC(=O)c1ccccc1Oc1ccncc1N. The quantitative estimate of drug-likeness (QED) is 0.838. The zero-order chi connectivity index (χ0) is 13.0. The first kappa shape index (κ1) is 11.9. The van der Waals surface area contributed by atoms with Crippen molar-refractivity contribution >= 4 is 11.7 Å². The van der Waals surface area contributed by atoms with Gasteiger partial charge in [-0.1, -0.05) is 12.1 Å². The number of para-hydroxylation sites is 1. The molecule has 0 atom stereocenters. The zero-order valence-corrected chi connectivity index (χ0v) is 9.79. The minimum atomic E-state index is -0.460. The Kier molecular flexibility index (Phi) is 3.43. The lowest BCUT2D eigenvalue weighted by Gasteiger charge is -2.10. The van der Waals surface area contributed by atoms with E-state index in [1.807, 2.05) is 0 Å². The molecular formula is C13H12N2O3. The van der Waals surface area contributed by atoms with Crippen LogP contribution in [0.1, 0.15) is 10.4 Å². The van der Waals surface area contributed by atoms with Crippen molar-refractivity contribution < 1.29 is 14.3 Å². The van der Waals surface area contributed by atoms with Crippen LogP contribution in [0.15, 0.2) is 42.7 Å². The van der Waals surface area contributed by atoms with Gasteiger partial charge in [-0.05, 0) is 12.1 Å². The summed E-state index contributed by atoms with van der Waals surface area (Å²) in [6.07, 6.45) is 3.04. The Morgan fingerprint density at radius 3 is 2.72 bits per heavy atom. The number of nitrogens with two attached hydrogens (primary N) is 1.